The fraction of sp³-hybridized carbons (Fsp3) is 0.267. The summed E-state index contributed by atoms with van der Waals surface area (Å²) in [5.41, 5.74) is 8.08. The first-order valence-electron chi connectivity index (χ1n) is 6.16. The van der Waals surface area contributed by atoms with Gasteiger partial charge in [-0.2, -0.15) is 0 Å². The van der Waals surface area contributed by atoms with Crippen molar-refractivity contribution >= 4 is 0 Å². The topological polar surface area (TPSA) is 66.6 Å². The summed E-state index contributed by atoms with van der Waals surface area (Å²) in [5.74, 6) is 1.98. The molecule has 0 saturated carbocycles. The first-order valence-corrected chi connectivity index (χ1v) is 6.16. The van der Waals surface area contributed by atoms with Crippen LogP contribution in [0.3, 0.4) is 0 Å². The molecule has 0 radical (unpaired) electrons. The van der Waals surface area contributed by atoms with Crippen LogP contribution in [-0.4, -0.2) is 26.3 Å². The molecule has 2 N–H and O–H groups in total. The highest BCUT2D eigenvalue weighted by Crippen LogP contribution is 2.33. The Kier molecular flexibility index (Phi) is 4.42. The minimum atomic E-state index is -0.326. The Morgan fingerprint density at radius 1 is 0.950 bits per heavy atom. The lowest BCUT2D eigenvalue weighted by molar-refractivity contribution is 0.354. The van der Waals surface area contributed by atoms with Gasteiger partial charge in [-0.15, -0.1) is 0 Å². The van der Waals surface area contributed by atoms with Gasteiger partial charge in [0.2, 0.25) is 0 Å². The van der Waals surface area contributed by atoms with Crippen molar-refractivity contribution in [3.63, 3.8) is 0 Å². The third kappa shape index (κ3) is 2.67. The van der Waals surface area contributed by atoms with Crippen molar-refractivity contribution < 1.29 is 14.2 Å². The van der Waals surface area contributed by atoms with Crippen molar-refractivity contribution in [3.05, 3.63) is 47.8 Å². The van der Waals surface area contributed by atoms with E-state index in [0.717, 1.165) is 11.1 Å². The summed E-state index contributed by atoms with van der Waals surface area (Å²) in [6.45, 7) is 0. The molecule has 1 aromatic carbocycles. The van der Waals surface area contributed by atoms with E-state index in [0.29, 0.717) is 17.2 Å². The van der Waals surface area contributed by atoms with E-state index in [-0.39, 0.29) is 6.04 Å². The minimum Gasteiger partial charge on any atom is -0.495 e. The van der Waals surface area contributed by atoms with E-state index in [4.69, 9.17) is 19.9 Å². The minimum absolute atomic E-state index is 0.326. The predicted octanol–water partition coefficient (Wildman–Crippen LogP) is 2.16. The first-order chi connectivity index (χ1) is 9.71. The second-order valence-corrected chi connectivity index (χ2v) is 4.21. The number of aromatic nitrogens is 1. The molecule has 1 heterocycles. The van der Waals surface area contributed by atoms with Crippen molar-refractivity contribution in [1.29, 1.82) is 0 Å². The van der Waals surface area contributed by atoms with Crippen LogP contribution in [0.1, 0.15) is 17.2 Å². The smallest absolute Gasteiger partial charge is 0.161 e. The SMILES string of the molecule is COc1ccc(C(N)c2ccncc2OC)cc1OC. The van der Waals surface area contributed by atoms with Crippen LogP contribution in [0.25, 0.3) is 0 Å². The van der Waals surface area contributed by atoms with Gasteiger partial charge < -0.3 is 19.9 Å². The number of nitrogens with zero attached hydrogens (tertiary/aromatic N) is 1. The zero-order chi connectivity index (χ0) is 14.5. The molecule has 1 atom stereocenters. The van der Waals surface area contributed by atoms with E-state index in [2.05, 4.69) is 4.98 Å². The summed E-state index contributed by atoms with van der Waals surface area (Å²) in [6, 6.07) is 7.13. The average molecular weight is 274 g/mol. The quantitative estimate of drug-likeness (QED) is 0.905. The van der Waals surface area contributed by atoms with Crippen molar-refractivity contribution in [2.45, 2.75) is 6.04 Å². The molecule has 2 aromatic rings. The molecule has 1 aromatic heterocycles. The maximum atomic E-state index is 6.30. The van der Waals surface area contributed by atoms with Gasteiger partial charge in [0.15, 0.2) is 11.5 Å². The predicted molar refractivity (Wildman–Crippen MR) is 76.4 cm³/mol. The molecule has 0 spiro atoms. The Hall–Kier alpha value is -2.27. The zero-order valence-corrected chi connectivity index (χ0v) is 11.8. The van der Waals surface area contributed by atoms with Gasteiger partial charge in [0.1, 0.15) is 5.75 Å². The number of nitrogens with two attached hydrogens (primary N) is 1. The first kappa shape index (κ1) is 14.1. The highest BCUT2D eigenvalue weighted by Gasteiger charge is 2.16. The number of ether oxygens (including phenoxy) is 3. The lowest BCUT2D eigenvalue weighted by Crippen LogP contribution is -2.13. The Morgan fingerprint density at radius 2 is 1.65 bits per heavy atom. The van der Waals surface area contributed by atoms with Crippen LogP contribution in [0, 0.1) is 0 Å². The molecule has 0 bridgehead atoms. The number of benzene rings is 1. The third-order valence-corrected chi connectivity index (χ3v) is 3.14. The summed E-state index contributed by atoms with van der Waals surface area (Å²) in [6.07, 6.45) is 3.34. The largest absolute Gasteiger partial charge is 0.495 e. The van der Waals surface area contributed by atoms with Crippen LogP contribution in [0.4, 0.5) is 0 Å². The van der Waals surface area contributed by atoms with Gasteiger partial charge in [-0.1, -0.05) is 6.07 Å². The van der Waals surface area contributed by atoms with Gasteiger partial charge in [0.25, 0.3) is 0 Å². The lowest BCUT2D eigenvalue weighted by Gasteiger charge is -2.17. The molecule has 0 aliphatic carbocycles. The van der Waals surface area contributed by atoms with Gasteiger partial charge >= 0.3 is 0 Å². The van der Waals surface area contributed by atoms with Crippen molar-refractivity contribution in [3.8, 4) is 17.2 Å². The monoisotopic (exact) mass is 274 g/mol. The Bertz CT molecular complexity index is 587. The molecule has 0 aliphatic rings. The van der Waals surface area contributed by atoms with Gasteiger partial charge in [-0.05, 0) is 23.8 Å². The number of rotatable bonds is 5. The van der Waals surface area contributed by atoms with Gasteiger partial charge in [0.05, 0.1) is 33.6 Å². The molecular weight excluding hydrogens is 256 g/mol. The molecular formula is C15H18N2O3. The summed E-state index contributed by atoms with van der Waals surface area (Å²) in [4.78, 5) is 4.03. The maximum absolute atomic E-state index is 6.30. The van der Waals surface area contributed by atoms with E-state index in [9.17, 15) is 0 Å². The Labute approximate surface area is 118 Å². The maximum Gasteiger partial charge on any atom is 0.161 e. The van der Waals surface area contributed by atoms with E-state index >= 15 is 0 Å². The fourth-order valence-corrected chi connectivity index (χ4v) is 2.04. The highest BCUT2D eigenvalue weighted by molar-refractivity contribution is 5.47. The van der Waals surface area contributed by atoms with Crippen LogP contribution < -0.4 is 19.9 Å². The van der Waals surface area contributed by atoms with Crippen molar-refractivity contribution in [2.24, 2.45) is 5.73 Å². The zero-order valence-electron chi connectivity index (χ0n) is 11.8. The molecule has 20 heavy (non-hydrogen) atoms. The van der Waals surface area contributed by atoms with Gasteiger partial charge in [-0.3, -0.25) is 4.98 Å². The molecule has 0 aliphatic heterocycles. The average Bonchev–Trinajstić information content (AvgIpc) is 2.53. The second kappa shape index (κ2) is 6.25. The van der Waals surface area contributed by atoms with Crippen LogP contribution in [0.5, 0.6) is 17.2 Å². The Balaban J connectivity index is 2.40. The molecule has 1 unspecified atom stereocenters. The van der Waals surface area contributed by atoms with Crippen molar-refractivity contribution in [2.75, 3.05) is 21.3 Å². The lowest BCUT2D eigenvalue weighted by atomic mass is 9.99. The standard InChI is InChI=1S/C15H18N2O3/c1-18-12-5-4-10(8-13(12)19-2)15(16)11-6-7-17-9-14(11)20-3/h4-9,15H,16H2,1-3H3. The van der Waals surface area contributed by atoms with E-state index in [1.54, 1.807) is 33.7 Å². The Morgan fingerprint density at radius 3 is 2.30 bits per heavy atom. The van der Waals surface area contributed by atoms with E-state index < -0.39 is 0 Å². The molecule has 0 saturated heterocycles. The van der Waals surface area contributed by atoms with Crippen LogP contribution in [0.15, 0.2) is 36.7 Å². The summed E-state index contributed by atoms with van der Waals surface area (Å²) in [7, 11) is 4.80. The summed E-state index contributed by atoms with van der Waals surface area (Å²) >= 11 is 0. The normalized spacial score (nSPS) is 11.8. The van der Waals surface area contributed by atoms with E-state index in [1.165, 1.54) is 0 Å². The van der Waals surface area contributed by atoms with Crippen LogP contribution in [-0.2, 0) is 0 Å². The number of hydrogen-bond donors (Lipinski definition) is 1. The second-order valence-electron chi connectivity index (χ2n) is 4.21. The number of pyridine rings is 1. The van der Waals surface area contributed by atoms with Gasteiger partial charge in [0, 0.05) is 11.8 Å². The molecule has 5 heteroatoms. The number of hydrogen-bond acceptors (Lipinski definition) is 5. The molecule has 106 valence electrons. The fourth-order valence-electron chi connectivity index (χ4n) is 2.04. The van der Waals surface area contributed by atoms with Crippen LogP contribution >= 0.6 is 0 Å². The molecule has 2 rings (SSSR count). The van der Waals surface area contributed by atoms with Crippen molar-refractivity contribution in [1.82, 2.24) is 4.98 Å². The number of methoxy groups -OCH3 is 3. The van der Waals surface area contributed by atoms with Gasteiger partial charge in [-0.25, -0.2) is 0 Å². The third-order valence-electron chi connectivity index (χ3n) is 3.14. The molecule has 0 fully saturated rings. The van der Waals surface area contributed by atoms with Crippen LogP contribution in [0.2, 0.25) is 0 Å². The highest BCUT2D eigenvalue weighted by atomic mass is 16.5. The summed E-state index contributed by atoms with van der Waals surface area (Å²) < 4.78 is 15.8. The molecule has 5 nitrogen and oxygen atoms in total. The molecule has 0 amide bonds. The summed E-state index contributed by atoms with van der Waals surface area (Å²) in [5, 5.41) is 0. The van der Waals surface area contributed by atoms with E-state index in [1.807, 2.05) is 24.3 Å².